The summed E-state index contributed by atoms with van der Waals surface area (Å²) in [4.78, 5) is 8.95. The van der Waals surface area contributed by atoms with Crippen LogP contribution in [0.3, 0.4) is 0 Å². The summed E-state index contributed by atoms with van der Waals surface area (Å²) in [7, 11) is 0. The number of allylic oxidation sites excluding steroid dienone is 13. The van der Waals surface area contributed by atoms with Crippen molar-refractivity contribution in [3.63, 3.8) is 0 Å². The van der Waals surface area contributed by atoms with Gasteiger partial charge in [-0.2, -0.15) is 0 Å². The minimum Gasteiger partial charge on any atom is -0.265 e. The van der Waals surface area contributed by atoms with Crippen molar-refractivity contribution in [2.24, 2.45) is 5.92 Å². The van der Waals surface area contributed by atoms with Crippen LogP contribution in [0, 0.1) is 5.92 Å². The van der Waals surface area contributed by atoms with Crippen LogP contribution >= 0.6 is 0 Å². The van der Waals surface area contributed by atoms with Crippen molar-refractivity contribution < 1.29 is 0 Å². The summed E-state index contributed by atoms with van der Waals surface area (Å²) in [5.74, 6) is 0.382. The van der Waals surface area contributed by atoms with Crippen molar-refractivity contribution in [1.82, 2.24) is 9.97 Å². The Labute approximate surface area is 270 Å². The predicted molar refractivity (Wildman–Crippen MR) is 197 cm³/mol. The van der Waals surface area contributed by atoms with Crippen molar-refractivity contribution in [2.75, 3.05) is 0 Å². The predicted octanol–water partition coefficient (Wildman–Crippen LogP) is 12.1. The second-order valence-corrected chi connectivity index (χ2v) is 11.2. The number of rotatable bonds is 13. The van der Waals surface area contributed by atoms with Crippen LogP contribution in [0.4, 0.5) is 0 Å². The fraction of sp³-hybridized carbons (Fsp3) is 0.163. The first-order valence-electron chi connectivity index (χ1n) is 15.6. The molecule has 0 spiro atoms. The topological polar surface area (TPSA) is 25.8 Å². The quantitative estimate of drug-likeness (QED) is 0.115. The Balaban J connectivity index is 1.98. The molecule has 0 N–H and O–H groups in total. The molecule has 2 heteroatoms. The fourth-order valence-corrected chi connectivity index (χ4v) is 5.89. The maximum absolute atomic E-state index is 4.81. The molecule has 2 nitrogen and oxygen atoms in total. The second-order valence-electron chi connectivity index (χ2n) is 11.2. The molecule has 2 heterocycles. The van der Waals surface area contributed by atoms with E-state index in [4.69, 9.17) is 4.98 Å². The number of hydrogen-bond donors (Lipinski definition) is 0. The fourth-order valence-electron chi connectivity index (χ4n) is 5.89. The van der Waals surface area contributed by atoms with Crippen LogP contribution in [0.15, 0.2) is 170 Å². The summed E-state index contributed by atoms with van der Waals surface area (Å²) in [6.07, 6.45) is 24.2. The van der Waals surface area contributed by atoms with Crippen molar-refractivity contribution in [1.29, 1.82) is 0 Å². The Kier molecular flexibility index (Phi) is 11.8. The lowest BCUT2D eigenvalue weighted by Gasteiger charge is -2.22. The van der Waals surface area contributed by atoms with Crippen LogP contribution in [0.25, 0.3) is 38.7 Å². The SMILES string of the molecule is C=C\C=C/C(C(=C)C)=C(C(/C=C\C)=C(/C)CC(/C=C\C)CC=C)\c1cccc2c(-c3ccc(-c4ccncc4)nc3)cccc12. The molecule has 0 aliphatic rings. The van der Waals surface area contributed by atoms with E-state index in [0.29, 0.717) is 5.92 Å². The molecule has 0 amide bonds. The lowest BCUT2D eigenvalue weighted by molar-refractivity contribution is 0.652. The first-order chi connectivity index (χ1) is 21.9. The van der Waals surface area contributed by atoms with Gasteiger partial charge in [-0.05, 0) is 103 Å². The number of nitrogens with zero attached hydrogens (tertiary/aromatic N) is 2. The van der Waals surface area contributed by atoms with Crippen molar-refractivity contribution in [3.05, 3.63) is 175 Å². The molecule has 45 heavy (non-hydrogen) atoms. The largest absolute Gasteiger partial charge is 0.265 e. The van der Waals surface area contributed by atoms with Crippen molar-refractivity contribution in [3.8, 4) is 22.4 Å². The molecule has 0 aliphatic heterocycles. The molecule has 0 saturated carbocycles. The number of aromatic nitrogens is 2. The zero-order valence-electron chi connectivity index (χ0n) is 27.1. The van der Waals surface area contributed by atoms with E-state index in [1.165, 1.54) is 33.1 Å². The van der Waals surface area contributed by atoms with E-state index >= 15 is 0 Å². The van der Waals surface area contributed by atoms with E-state index in [2.05, 4.69) is 131 Å². The third kappa shape index (κ3) is 7.91. The average molecular weight is 589 g/mol. The highest BCUT2D eigenvalue weighted by Gasteiger charge is 2.19. The summed E-state index contributed by atoms with van der Waals surface area (Å²) in [5, 5.41) is 2.36. The summed E-state index contributed by atoms with van der Waals surface area (Å²) in [6, 6.07) is 21.4. The van der Waals surface area contributed by atoms with Gasteiger partial charge >= 0.3 is 0 Å². The first kappa shape index (κ1) is 32.8. The van der Waals surface area contributed by atoms with Gasteiger partial charge in [0, 0.05) is 29.7 Å². The van der Waals surface area contributed by atoms with Gasteiger partial charge in [0.15, 0.2) is 0 Å². The lowest BCUT2D eigenvalue weighted by Crippen LogP contribution is -2.02. The maximum Gasteiger partial charge on any atom is 0.0703 e. The van der Waals surface area contributed by atoms with E-state index in [1.54, 1.807) is 12.4 Å². The molecule has 1 unspecified atom stereocenters. The molecule has 4 rings (SSSR count). The number of fused-ring (bicyclic) bond motifs is 1. The molecule has 0 aliphatic carbocycles. The molecule has 0 saturated heterocycles. The highest BCUT2D eigenvalue weighted by atomic mass is 14.7. The number of benzene rings is 2. The molecular weight excluding hydrogens is 544 g/mol. The van der Waals surface area contributed by atoms with Gasteiger partial charge in [0.1, 0.15) is 0 Å². The van der Waals surface area contributed by atoms with Crippen LogP contribution in [-0.2, 0) is 0 Å². The molecule has 226 valence electrons. The van der Waals surface area contributed by atoms with Gasteiger partial charge in [0.05, 0.1) is 5.69 Å². The minimum absolute atomic E-state index is 0.382. The van der Waals surface area contributed by atoms with Crippen molar-refractivity contribution >= 4 is 16.3 Å². The minimum atomic E-state index is 0.382. The maximum atomic E-state index is 4.81. The zero-order valence-corrected chi connectivity index (χ0v) is 27.1. The van der Waals surface area contributed by atoms with E-state index in [9.17, 15) is 0 Å². The van der Waals surface area contributed by atoms with Gasteiger partial charge in [0.2, 0.25) is 0 Å². The third-order valence-corrected chi connectivity index (χ3v) is 7.93. The average Bonchev–Trinajstić information content (AvgIpc) is 3.06. The van der Waals surface area contributed by atoms with Gasteiger partial charge < -0.3 is 0 Å². The van der Waals surface area contributed by atoms with Gasteiger partial charge in [-0.1, -0.05) is 115 Å². The lowest BCUT2D eigenvalue weighted by atomic mass is 9.82. The summed E-state index contributed by atoms with van der Waals surface area (Å²) in [5.41, 5.74) is 11.2. The van der Waals surface area contributed by atoms with Crippen LogP contribution in [0.1, 0.15) is 46.1 Å². The molecule has 0 fully saturated rings. The van der Waals surface area contributed by atoms with Gasteiger partial charge in [-0.25, -0.2) is 0 Å². The Bertz CT molecular complexity index is 1810. The van der Waals surface area contributed by atoms with Crippen LogP contribution in [0.2, 0.25) is 0 Å². The molecule has 0 bridgehead atoms. The normalized spacial score (nSPS) is 13.7. The summed E-state index contributed by atoms with van der Waals surface area (Å²) >= 11 is 0. The molecule has 2 aromatic carbocycles. The summed E-state index contributed by atoms with van der Waals surface area (Å²) in [6.45, 7) is 20.9. The molecule has 0 radical (unpaired) electrons. The van der Waals surface area contributed by atoms with E-state index in [0.717, 1.165) is 46.4 Å². The van der Waals surface area contributed by atoms with Gasteiger partial charge in [-0.3, -0.25) is 9.97 Å². The monoisotopic (exact) mass is 588 g/mol. The van der Waals surface area contributed by atoms with E-state index in [-0.39, 0.29) is 0 Å². The highest BCUT2D eigenvalue weighted by Crippen LogP contribution is 2.40. The van der Waals surface area contributed by atoms with E-state index in [1.807, 2.05) is 36.6 Å². The van der Waals surface area contributed by atoms with Crippen LogP contribution in [0.5, 0.6) is 0 Å². The van der Waals surface area contributed by atoms with Crippen molar-refractivity contribution in [2.45, 2.75) is 40.5 Å². The second kappa shape index (κ2) is 16.1. The first-order valence-corrected chi connectivity index (χ1v) is 15.6. The zero-order chi connectivity index (χ0) is 32.2. The molecule has 1 atom stereocenters. The molecule has 4 aromatic rings. The molecule has 2 aromatic heterocycles. The Morgan fingerprint density at radius 3 is 2.22 bits per heavy atom. The molecular formula is C43H44N2. The highest BCUT2D eigenvalue weighted by molar-refractivity contribution is 6.06. The number of hydrogen-bond acceptors (Lipinski definition) is 2. The van der Waals surface area contributed by atoms with Crippen LogP contribution in [-0.4, -0.2) is 9.97 Å². The third-order valence-electron chi connectivity index (χ3n) is 7.93. The van der Waals surface area contributed by atoms with Crippen LogP contribution < -0.4 is 0 Å². The van der Waals surface area contributed by atoms with Gasteiger partial charge in [-0.15, -0.1) is 6.58 Å². The Hall–Kier alpha value is -5.08. The standard InChI is InChI=1S/C43H44N2/c1-8-12-18-36(31(5)6)43(37(17-11-4)32(7)29-33(15-9-2)16-10-3)41-22-14-20-39-38(19-13-21-40(39)41)35-23-24-42(45-30-35)34-25-27-44-28-26-34/h8-14,16-28,30,33H,1-2,5,15,29H2,3-4,6-7H3/b16-10-,17-11-,18-12-,37-32-,43-36+. The van der Waals surface area contributed by atoms with E-state index < -0.39 is 0 Å². The Morgan fingerprint density at radius 2 is 1.58 bits per heavy atom. The summed E-state index contributed by atoms with van der Waals surface area (Å²) < 4.78 is 0. The van der Waals surface area contributed by atoms with Gasteiger partial charge in [0.25, 0.3) is 0 Å². The smallest absolute Gasteiger partial charge is 0.0703 e. The number of pyridine rings is 2. The Morgan fingerprint density at radius 1 is 0.822 bits per heavy atom.